The molecule has 5 nitrogen and oxygen atoms in total. The summed E-state index contributed by atoms with van der Waals surface area (Å²) in [5, 5.41) is 4.07. The fourth-order valence-corrected chi connectivity index (χ4v) is 5.58. The molecule has 178 valence electrons. The van der Waals surface area contributed by atoms with Crippen LogP contribution in [0.2, 0.25) is 5.02 Å². The summed E-state index contributed by atoms with van der Waals surface area (Å²) in [5.74, 6) is 1.95. The zero-order valence-electron chi connectivity index (χ0n) is 20.2. The van der Waals surface area contributed by atoms with Crippen LogP contribution in [0.1, 0.15) is 57.3 Å². The van der Waals surface area contributed by atoms with E-state index in [2.05, 4.69) is 38.0 Å². The Labute approximate surface area is 206 Å². The Bertz CT molecular complexity index is 1190. The average molecular weight is 478 g/mol. The maximum Gasteiger partial charge on any atom is 0.163 e. The Hall–Kier alpha value is -2.89. The molecule has 34 heavy (non-hydrogen) atoms. The molecule has 0 radical (unpaired) electrons. The van der Waals surface area contributed by atoms with Crippen LogP contribution in [0.3, 0.4) is 0 Å². The van der Waals surface area contributed by atoms with Gasteiger partial charge in [0.05, 0.1) is 5.02 Å². The molecule has 0 spiro atoms. The smallest absolute Gasteiger partial charge is 0.163 e. The fourth-order valence-electron chi connectivity index (χ4n) is 5.36. The van der Waals surface area contributed by atoms with Crippen LogP contribution in [-0.4, -0.2) is 21.8 Å². The Balaban J connectivity index is 1.52. The van der Waals surface area contributed by atoms with E-state index in [1.807, 2.05) is 36.4 Å². The minimum absolute atomic E-state index is 0.00704. The van der Waals surface area contributed by atoms with Gasteiger partial charge in [0.2, 0.25) is 0 Å². The van der Waals surface area contributed by atoms with Crippen LogP contribution in [0.25, 0.3) is 11.1 Å². The van der Waals surface area contributed by atoms with Gasteiger partial charge >= 0.3 is 0 Å². The number of carbonyl (C=O) groups excluding carboxylic acids is 1. The monoisotopic (exact) mass is 477 g/mol. The highest BCUT2D eigenvalue weighted by Gasteiger charge is 2.38. The van der Waals surface area contributed by atoms with E-state index in [-0.39, 0.29) is 16.9 Å². The van der Waals surface area contributed by atoms with Crippen molar-refractivity contribution in [1.82, 2.24) is 10.3 Å². The van der Waals surface area contributed by atoms with Gasteiger partial charge in [-0.15, -0.1) is 0 Å². The largest absolute Gasteiger partial charge is 0.455 e. The van der Waals surface area contributed by atoms with Crippen molar-refractivity contribution in [1.29, 1.82) is 0 Å². The van der Waals surface area contributed by atoms with Crippen molar-refractivity contribution in [2.24, 2.45) is 5.92 Å². The molecule has 3 N–H and O–H groups in total. The summed E-state index contributed by atoms with van der Waals surface area (Å²) in [4.78, 5) is 17.3. The number of nitrogens with zero attached hydrogens (tertiary/aromatic N) is 1. The van der Waals surface area contributed by atoms with Crippen molar-refractivity contribution in [3.05, 3.63) is 71.4 Å². The highest BCUT2D eigenvalue weighted by Crippen LogP contribution is 2.39. The van der Waals surface area contributed by atoms with E-state index in [9.17, 15) is 4.79 Å². The van der Waals surface area contributed by atoms with Gasteiger partial charge < -0.3 is 15.8 Å². The molecular formula is C28H32ClN3O2. The number of anilines is 1. The number of hydrogen-bond acceptors (Lipinski definition) is 5. The zero-order valence-corrected chi connectivity index (χ0v) is 20.9. The van der Waals surface area contributed by atoms with Crippen molar-refractivity contribution in [2.45, 2.75) is 58.0 Å². The lowest BCUT2D eigenvalue weighted by Gasteiger charge is -2.46. The van der Waals surface area contributed by atoms with E-state index < -0.39 is 0 Å². The Morgan fingerprint density at radius 1 is 1.03 bits per heavy atom. The van der Waals surface area contributed by atoms with Gasteiger partial charge in [0.15, 0.2) is 5.78 Å². The van der Waals surface area contributed by atoms with Gasteiger partial charge in [-0.1, -0.05) is 29.8 Å². The normalized spacial score (nSPS) is 17.3. The first-order valence-corrected chi connectivity index (χ1v) is 12.0. The number of pyridine rings is 1. The second-order valence-electron chi connectivity index (χ2n) is 10.5. The summed E-state index contributed by atoms with van der Waals surface area (Å²) in [7, 11) is 0. The van der Waals surface area contributed by atoms with Gasteiger partial charge in [-0.2, -0.15) is 0 Å². The number of hydrogen-bond donors (Lipinski definition) is 2. The molecule has 0 aliphatic carbocycles. The predicted molar refractivity (Wildman–Crippen MR) is 139 cm³/mol. The number of para-hydroxylation sites is 1. The van der Waals surface area contributed by atoms with Gasteiger partial charge in [-0.05, 0) is 82.9 Å². The number of aromatic nitrogens is 1. The molecule has 2 aromatic carbocycles. The summed E-state index contributed by atoms with van der Waals surface area (Å²) in [5.41, 5.74) is 8.30. The molecule has 6 heteroatoms. The number of rotatable bonds is 6. The van der Waals surface area contributed by atoms with Crippen molar-refractivity contribution < 1.29 is 9.53 Å². The topological polar surface area (TPSA) is 77.2 Å². The standard InChI is InChI=1S/C28H32ClN3O2/c1-27(2)16-18(17-28(3,4)32-27)14-23(33)19-11-12-25(22(29)15-19)34-24-10-6-5-8-20(24)21-9-7-13-31-26(21)30/h5-13,15,18,32H,14,16-17H2,1-4H3,(H2,30,31). The maximum absolute atomic E-state index is 13.1. The average Bonchev–Trinajstić information content (AvgIpc) is 2.74. The lowest BCUT2D eigenvalue weighted by molar-refractivity contribution is 0.0864. The molecule has 3 aromatic rings. The lowest BCUT2D eigenvalue weighted by atomic mass is 9.74. The molecule has 0 unspecified atom stereocenters. The minimum atomic E-state index is 0.00704. The van der Waals surface area contributed by atoms with E-state index in [1.54, 1.807) is 24.4 Å². The van der Waals surface area contributed by atoms with Gasteiger partial charge in [-0.3, -0.25) is 4.79 Å². The first-order valence-electron chi connectivity index (χ1n) is 11.6. The number of ketones is 1. The second-order valence-corrected chi connectivity index (χ2v) is 10.9. The van der Waals surface area contributed by atoms with Crippen molar-refractivity contribution in [3.8, 4) is 22.6 Å². The molecule has 1 fully saturated rings. The number of nitrogen functional groups attached to an aromatic ring is 1. The molecule has 0 saturated carbocycles. The molecule has 0 amide bonds. The summed E-state index contributed by atoms with van der Waals surface area (Å²) >= 11 is 6.56. The maximum atomic E-state index is 13.1. The summed E-state index contributed by atoms with van der Waals surface area (Å²) in [6.45, 7) is 8.80. The van der Waals surface area contributed by atoms with E-state index in [4.69, 9.17) is 22.1 Å². The first kappa shape index (κ1) is 24.2. The number of piperidine rings is 1. The third kappa shape index (κ3) is 5.60. The van der Waals surface area contributed by atoms with Crippen molar-refractivity contribution in [2.75, 3.05) is 5.73 Å². The quantitative estimate of drug-likeness (QED) is 0.377. The van der Waals surface area contributed by atoms with Crippen LogP contribution in [0.4, 0.5) is 5.82 Å². The SMILES string of the molecule is CC1(C)CC(CC(=O)c2ccc(Oc3ccccc3-c3cccnc3N)c(Cl)c2)CC(C)(C)N1. The summed E-state index contributed by atoms with van der Waals surface area (Å²) in [6.07, 6.45) is 4.09. The van der Waals surface area contributed by atoms with Crippen LogP contribution in [-0.2, 0) is 0 Å². The summed E-state index contributed by atoms with van der Waals surface area (Å²) < 4.78 is 6.15. The number of nitrogens with two attached hydrogens (primary N) is 1. The second kappa shape index (κ2) is 9.40. The van der Waals surface area contributed by atoms with E-state index in [1.165, 1.54) is 0 Å². The molecule has 4 rings (SSSR count). The number of nitrogens with one attached hydrogen (secondary N) is 1. The minimum Gasteiger partial charge on any atom is -0.455 e. The molecule has 2 heterocycles. The van der Waals surface area contributed by atoms with Crippen molar-refractivity contribution >= 4 is 23.2 Å². The van der Waals surface area contributed by atoms with Gasteiger partial charge in [0.1, 0.15) is 17.3 Å². The number of carbonyl (C=O) groups is 1. The third-order valence-electron chi connectivity index (χ3n) is 6.24. The van der Waals surface area contributed by atoms with Gasteiger partial charge in [0, 0.05) is 40.4 Å². The highest BCUT2D eigenvalue weighted by molar-refractivity contribution is 6.32. The number of Topliss-reactive ketones (excluding diaryl/α,β-unsaturated/α-hetero) is 1. The van der Waals surface area contributed by atoms with E-state index >= 15 is 0 Å². The Kier molecular flexibility index (Phi) is 6.70. The van der Waals surface area contributed by atoms with E-state index in [0.29, 0.717) is 40.2 Å². The number of halogens is 1. The number of benzene rings is 2. The Morgan fingerprint density at radius 2 is 1.71 bits per heavy atom. The molecule has 0 bridgehead atoms. The molecule has 1 saturated heterocycles. The van der Waals surface area contributed by atoms with Crippen LogP contribution >= 0.6 is 11.6 Å². The highest BCUT2D eigenvalue weighted by atomic mass is 35.5. The van der Waals surface area contributed by atoms with Crippen LogP contribution in [0, 0.1) is 5.92 Å². The fraction of sp³-hybridized carbons (Fsp3) is 0.357. The number of ether oxygens (including phenoxy) is 1. The molecule has 1 aliphatic rings. The van der Waals surface area contributed by atoms with Gasteiger partial charge in [-0.25, -0.2) is 4.98 Å². The molecule has 1 aliphatic heterocycles. The van der Waals surface area contributed by atoms with Crippen LogP contribution in [0.5, 0.6) is 11.5 Å². The van der Waals surface area contributed by atoms with E-state index in [0.717, 1.165) is 24.0 Å². The predicted octanol–water partition coefficient (Wildman–Crippen LogP) is 6.91. The van der Waals surface area contributed by atoms with Crippen molar-refractivity contribution in [3.63, 3.8) is 0 Å². The van der Waals surface area contributed by atoms with Crippen LogP contribution < -0.4 is 15.8 Å². The summed E-state index contributed by atoms with van der Waals surface area (Å²) in [6, 6.07) is 16.6. The third-order valence-corrected chi connectivity index (χ3v) is 6.53. The molecule has 1 aromatic heterocycles. The first-order chi connectivity index (χ1) is 16.0. The molecule has 0 atom stereocenters. The van der Waals surface area contributed by atoms with Crippen LogP contribution in [0.15, 0.2) is 60.8 Å². The zero-order chi connectivity index (χ0) is 24.5. The Morgan fingerprint density at radius 3 is 2.38 bits per heavy atom. The lowest BCUT2D eigenvalue weighted by Crippen LogP contribution is -2.57. The van der Waals surface area contributed by atoms with Gasteiger partial charge in [0.25, 0.3) is 0 Å². The molecular weight excluding hydrogens is 446 g/mol.